The van der Waals surface area contributed by atoms with Crippen LogP contribution in [0.1, 0.15) is 5.56 Å². The first-order valence-electron chi connectivity index (χ1n) is 3.60. The van der Waals surface area contributed by atoms with E-state index < -0.39 is 9.73 Å². The van der Waals surface area contributed by atoms with E-state index >= 15 is 0 Å². The molecule has 1 aromatic carbocycles. The van der Waals surface area contributed by atoms with Crippen LogP contribution < -0.4 is 0 Å². The van der Waals surface area contributed by atoms with Gasteiger partial charge in [0, 0.05) is 11.8 Å². The van der Waals surface area contributed by atoms with Crippen molar-refractivity contribution in [3.05, 3.63) is 23.8 Å². The van der Waals surface area contributed by atoms with Crippen LogP contribution in [0.15, 0.2) is 27.5 Å². The summed E-state index contributed by atoms with van der Waals surface area (Å²) in [6.45, 7) is 0.372. The van der Waals surface area contributed by atoms with E-state index in [0.29, 0.717) is 17.0 Å². The molecule has 0 radical (unpaired) electrons. The first kappa shape index (κ1) is 7.61. The first-order chi connectivity index (χ1) is 5.61. The maximum absolute atomic E-state index is 11.7. The summed E-state index contributed by atoms with van der Waals surface area (Å²) in [4.78, 5) is 0.683. The standard InChI is InChI=1S/C8H9NO2S/c1-12(11)8-4-2-3-7(10)6(8)5-9-12/h2-4,10H,5H2,1H3. The number of fused-ring (bicyclic) bond motifs is 1. The summed E-state index contributed by atoms with van der Waals surface area (Å²) in [5, 5.41) is 9.38. The Kier molecular flexibility index (Phi) is 1.41. The van der Waals surface area contributed by atoms with Gasteiger partial charge in [0.1, 0.15) is 5.75 Å². The lowest BCUT2D eigenvalue weighted by atomic mass is 10.2. The lowest BCUT2D eigenvalue weighted by Crippen LogP contribution is -1.93. The van der Waals surface area contributed by atoms with Crippen molar-refractivity contribution in [2.24, 2.45) is 4.36 Å². The number of aromatic hydroxyl groups is 1. The number of hydrogen-bond acceptors (Lipinski definition) is 3. The highest BCUT2D eigenvalue weighted by molar-refractivity contribution is 7.93. The molecule has 1 unspecified atom stereocenters. The van der Waals surface area contributed by atoms with Crippen LogP contribution >= 0.6 is 0 Å². The Morgan fingerprint density at radius 3 is 3.00 bits per heavy atom. The zero-order chi connectivity index (χ0) is 8.77. The smallest absolute Gasteiger partial charge is 0.121 e. The second-order valence-corrected chi connectivity index (χ2v) is 5.15. The maximum atomic E-state index is 11.7. The van der Waals surface area contributed by atoms with Crippen molar-refractivity contribution >= 4 is 9.73 Å². The Bertz CT molecular complexity index is 444. The number of nitrogens with zero attached hydrogens (tertiary/aromatic N) is 1. The summed E-state index contributed by atoms with van der Waals surface area (Å²) in [5.41, 5.74) is 0.713. The molecule has 0 aliphatic carbocycles. The Morgan fingerprint density at radius 1 is 1.58 bits per heavy atom. The van der Waals surface area contributed by atoms with Crippen LogP contribution in [0, 0.1) is 0 Å². The Balaban J connectivity index is 2.78. The highest BCUT2D eigenvalue weighted by Gasteiger charge is 2.20. The van der Waals surface area contributed by atoms with E-state index in [0.717, 1.165) is 0 Å². The average molecular weight is 183 g/mol. The second-order valence-electron chi connectivity index (χ2n) is 2.84. The van der Waals surface area contributed by atoms with Crippen LogP contribution in [0.4, 0.5) is 0 Å². The summed E-state index contributed by atoms with van der Waals surface area (Å²) in [6.07, 6.45) is 1.60. The SMILES string of the molecule is CS1(=O)=NCc2c(O)cccc21. The molecule has 1 heterocycles. The van der Waals surface area contributed by atoms with E-state index in [1.165, 1.54) is 0 Å². The van der Waals surface area contributed by atoms with Gasteiger partial charge in [-0.3, -0.25) is 0 Å². The molecule has 0 aromatic heterocycles. The molecule has 1 atom stereocenters. The van der Waals surface area contributed by atoms with Gasteiger partial charge in [0.05, 0.1) is 21.2 Å². The summed E-state index contributed by atoms with van der Waals surface area (Å²) < 4.78 is 15.6. The lowest BCUT2D eigenvalue weighted by molar-refractivity contribution is 0.467. The van der Waals surface area contributed by atoms with Gasteiger partial charge in [0.25, 0.3) is 0 Å². The molecule has 1 aliphatic rings. The number of rotatable bonds is 0. The van der Waals surface area contributed by atoms with E-state index in [9.17, 15) is 9.32 Å². The van der Waals surface area contributed by atoms with Crippen LogP contribution in [-0.2, 0) is 16.3 Å². The summed E-state index contributed by atoms with van der Waals surface area (Å²) >= 11 is 0. The first-order valence-corrected chi connectivity index (χ1v) is 5.52. The van der Waals surface area contributed by atoms with Crippen LogP contribution in [0.5, 0.6) is 5.75 Å². The van der Waals surface area contributed by atoms with Crippen LogP contribution in [0.2, 0.25) is 0 Å². The maximum Gasteiger partial charge on any atom is 0.121 e. The number of hydrogen-bond donors (Lipinski definition) is 1. The van der Waals surface area contributed by atoms with Crippen molar-refractivity contribution < 1.29 is 9.32 Å². The minimum atomic E-state index is -2.21. The molecule has 1 aromatic rings. The lowest BCUT2D eigenvalue weighted by Gasteiger charge is -2.01. The topological polar surface area (TPSA) is 49.7 Å². The summed E-state index contributed by atoms with van der Waals surface area (Å²) in [7, 11) is -2.21. The summed E-state index contributed by atoms with van der Waals surface area (Å²) in [6, 6.07) is 5.04. The third-order valence-corrected chi connectivity index (χ3v) is 3.81. The van der Waals surface area contributed by atoms with Crippen molar-refractivity contribution in [3.63, 3.8) is 0 Å². The molecule has 0 fully saturated rings. The van der Waals surface area contributed by atoms with Gasteiger partial charge >= 0.3 is 0 Å². The third kappa shape index (κ3) is 0.914. The van der Waals surface area contributed by atoms with E-state index in [1.807, 2.05) is 0 Å². The molecule has 0 bridgehead atoms. The van der Waals surface area contributed by atoms with Gasteiger partial charge in [-0.25, -0.2) is 8.57 Å². The fraction of sp³-hybridized carbons (Fsp3) is 0.250. The van der Waals surface area contributed by atoms with E-state index in [1.54, 1.807) is 24.5 Å². The molecule has 0 saturated heterocycles. The van der Waals surface area contributed by atoms with Crippen molar-refractivity contribution in [2.75, 3.05) is 6.26 Å². The zero-order valence-corrected chi connectivity index (χ0v) is 7.47. The molecular formula is C8H9NO2S. The Labute approximate surface area is 71.2 Å². The molecule has 4 heteroatoms. The highest BCUT2D eigenvalue weighted by atomic mass is 32.2. The van der Waals surface area contributed by atoms with Crippen molar-refractivity contribution in [1.82, 2.24) is 0 Å². The molecule has 0 amide bonds. The Morgan fingerprint density at radius 2 is 2.33 bits per heavy atom. The fourth-order valence-electron chi connectivity index (χ4n) is 1.33. The van der Waals surface area contributed by atoms with Crippen molar-refractivity contribution in [3.8, 4) is 5.75 Å². The van der Waals surface area contributed by atoms with Gasteiger partial charge in [-0.1, -0.05) is 6.07 Å². The number of phenolic OH excluding ortho intramolecular Hbond substituents is 1. The highest BCUT2D eigenvalue weighted by Crippen LogP contribution is 2.31. The summed E-state index contributed by atoms with van der Waals surface area (Å²) in [5.74, 6) is 0.198. The Hall–Kier alpha value is -1.03. The molecule has 2 rings (SSSR count). The van der Waals surface area contributed by atoms with Crippen LogP contribution in [-0.4, -0.2) is 15.6 Å². The predicted octanol–water partition coefficient (Wildman–Crippen LogP) is 1.36. The van der Waals surface area contributed by atoms with Gasteiger partial charge < -0.3 is 5.11 Å². The van der Waals surface area contributed by atoms with Crippen LogP contribution in [0.3, 0.4) is 0 Å². The van der Waals surface area contributed by atoms with E-state index in [2.05, 4.69) is 4.36 Å². The largest absolute Gasteiger partial charge is 0.508 e. The van der Waals surface area contributed by atoms with Gasteiger partial charge in [0.2, 0.25) is 0 Å². The molecule has 1 aliphatic heterocycles. The normalized spacial score (nSPS) is 26.4. The van der Waals surface area contributed by atoms with Crippen LogP contribution in [0.25, 0.3) is 0 Å². The quantitative estimate of drug-likeness (QED) is 0.660. The molecule has 64 valence electrons. The monoisotopic (exact) mass is 183 g/mol. The molecular weight excluding hydrogens is 174 g/mol. The minimum absolute atomic E-state index is 0.198. The van der Waals surface area contributed by atoms with Crippen molar-refractivity contribution in [1.29, 1.82) is 0 Å². The van der Waals surface area contributed by atoms with Gasteiger partial charge in [-0.05, 0) is 12.1 Å². The molecule has 0 spiro atoms. The number of phenols is 1. The molecule has 12 heavy (non-hydrogen) atoms. The molecule has 3 nitrogen and oxygen atoms in total. The van der Waals surface area contributed by atoms with Gasteiger partial charge in [-0.15, -0.1) is 0 Å². The molecule has 1 N–H and O–H groups in total. The minimum Gasteiger partial charge on any atom is -0.508 e. The fourth-order valence-corrected chi connectivity index (χ4v) is 2.80. The van der Waals surface area contributed by atoms with E-state index in [-0.39, 0.29) is 5.75 Å². The number of benzene rings is 1. The molecule has 0 saturated carbocycles. The van der Waals surface area contributed by atoms with Gasteiger partial charge in [-0.2, -0.15) is 0 Å². The average Bonchev–Trinajstić information content (AvgIpc) is 2.30. The third-order valence-electron chi connectivity index (χ3n) is 1.99. The zero-order valence-electron chi connectivity index (χ0n) is 6.65. The predicted molar refractivity (Wildman–Crippen MR) is 46.6 cm³/mol. The van der Waals surface area contributed by atoms with Crippen molar-refractivity contribution in [2.45, 2.75) is 11.4 Å². The second kappa shape index (κ2) is 2.23. The van der Waals surface area contributed by atoms with E-state index in [4.69, 9.17) is 0 Å². The van der Waals surface area contributed by atoms with Gasteiger partial charge in [0.15, 0.2) is 0 Å².